The predicted octanol–water partition coefficient (Wildman–Crippen LogP) is 4.77. The average molecular weight is 357 g/mol. The Morgan fingerprint density at radius 1 is 1.20 bits per heavy atom. The molecule has 25 heavy (non-hydrogen) atoms. The van der Waals surface area contributed by atoms with Crippen LogP contribution in [-0.4, -0.2) is 29.6 Å². The predicted molar refractivity (Wildman–Crippen MR) is 102 cm³/mol. The van der Waals surface area contributed by atoms with Gasteiger partial charge in [0.15, 0.2) is 0 Å². The molecular formula is C21H24FNOS. The summed E-state index contributed by atoms with van der Waals surface area (Å²) < 4.78 is 14.0. The minimum absolute atomic E-state index is 0.135. The first kappa shape index (κ1) is 18.0. The number of carbonyl (C=O) groups excluding carboxylic acids is 1. The van der Waals surface area contributed by atoms with Gasteiger partial charge in [-0.1, -0.05) is 48.0 Å². The van der Waals surface area contributed by atoms with Gasteiger partial charge in [-0.25, -0.2) is 4.39 Å². The zero-order valence-electron chi connectivity index (χ0n) is 14.6. The minimum Gasteiger partial charge on any atom is -0.342 e. The molecule has 0 aromatic heterocycles. The zero-order chi connectivity index (χ0) is 17.6. The lowest BCUT2D eigenvalue weighted by Gasteiger charge is -2.20. The van der Waals surface area contributed by atoms with Crippen LogP contribution in [0.2, 0.25) is 0 Å². The molecule has 2 aromatic rings. The SMILES string of the molecule is Cc1cccc(CCC(=O)N2CCSC(c3ccccc3F)CC2)c1. The van der Waals surface area contributed by atoms with E-state index in [0.29, 0.717) is 13.0 Å². The van der Waals surface area contributed by atoms with Gasteiger partial charge < -0.3 is 4.90 Å². The number of rotatable bonds is 4. The third kappa shape index (κ3) is 4.85. The first-order chi connectivity index (χ1) is 12.1. The average Bonchev–Trinajstić information content (AvgIpc) is 2.86. The van der Waals surface area contributed by atoms with Gasteiger partial charge in [-0.05, 0) is 31.4 Å². The molecule has 1 aliphatic rings. The molecule has 0 spiro atoms. The molecule has 0 aliphatic carbocycles. The van der Waals surface area contributed by atoms with Gasteiger partial charge in [-0.2, -0.15) is 11.8 Å². The maximum Gasteiger partial charge on any atom is 0.222 e. The fraction of sp³-hybridized carbons (Fsp3) is 0.381. The van der Waals surface area contributed by atoms with Gasteiger partial charge in [0, 0.05) is 36.1 Å². The molecule has 1 atom stereocenters. The van der Waals surface area contributed by atoms with Crippen molar-refractivity contribution in [2.45, 2.75) is 31.4 Å². The summed E-state index contributed by atoms with van der Waals surface area (Å²) in [4.78, 5) is 14.5. The molecule has 1 fully saturated rings. The summed E-state index contributed by atoms with van der Waals surface area (Å²) in [6.07, 6.45) is 2.13. The number of aryl methyl sites for hydroxylation is 2. The van der Waals surface area contributed by atoms with Crippen LogP contribution in [0.15, 0.2) is 48.5 Å². The maximum absolute atomic E-state index is 14.0. The number of amides is 1. The smallest absolute Gasteiger partial charge is 0.222 e. The van der Waals surface area contributed by atoms with Gasteiger partial charge in [0.2, 0.25) is 5.91 Å². The highest BCUT2D eigenvalue weighted by atomic mass is 32.2. The minimum atomic E-state index is -0.140. The number of hydrogen-bond acceptors (Lipinski definition) is 2. The van der Waals surface area contributed by atoms with Crippen molar-refractivity contribution in [1.82, 2.24) is 4.90 Å². The highest BCUT2D eigenvalue weighted by Gasteiger charge is 2.23. The van der Waals surface area contributed by atoms with Crippen molar-refractivity contribution in [1.29, 1.82) is 0 Å². The van der Waals surface area contributed by atoms with Crippen LogP contribution in [0.4, 0.5) is 4.39 Å². The molecule has 1 heterocycles. The van der Waals surface area contributed by atoms with E-state index in [4.69, 9.17) is 0 Å². The van der Waals surface area contributed by atoms with Crippen LogP contribution in [0.25, 0.3) is 0 Å². The van der Waals surface area contributed by atoms with Crippen LogP contribution < -0.4 is 0 Å². The Kier molecular flexibility index (Phi) is 6.14. The maximum atomic E-state index is 14.0. The summed E-state index contributed by atoms with van der Waals surface area (Å²) in [6, 6.07) is 15.3. The van der Waals surface area contributed by atoms with E-state index in [9.17, 15) is 9.18 Å². The second-order valence-electron chi connectivity index (χ2n) is 6.54. The molecular weight excluding hydrogens is 333 g/mol. The normalized spacial score (nSPS) is 18.0. The number of halogens is 1. The first-order valence-electron chi connectivity index (χ1n) is 8.83. The summed E-state index contributed by atoms with van der Waals surface area (Å²) in [7, 11) is 0. The van der Waals surface area contributed by atoms with Gasteiger partial charge in [0.05, 0.1) is 0 Å². The van der Waals surface area contributed by atoms with Gasteiger partial charge in [-0.3, -0.25) is 4.79 Å². The van der Waals surface area contributed by atoms with E-state index >= 15 is 0 Å². The number of nitrogens with zero attached hydrogens (tertiary/aromatic N) is 1. The molecule has 4 heteroatoms. The number of carbonyl (C=O) groups is 1. The molecule has 1 unspecified atom stereocenters. The van der Waals surface area contributed by atoms with E-state index < -0.39 is 0 Å². The molecule has 1 aliphatic heterocycles. The molecule has 0 N–H and O–H groups in total. The van der Waals surface area contributed by atoms with Crippen molar-refractivity contribution in [2.75, 3.05) is 18.8 Å². The van der Waals surface area contributed by atoms with Crippen molar-refractivity contribution in [3.63, 3.8) is 0 Å². The van der Waals surface area contributed by atoms with Gasteiger partial charge in [0.1, 0.15) is 5.82 Å². The van der Waals surface area contributed by atoms with Crippen LogP contribution >= 0.6 is 11.8 Å². The van der Waals surface area contributed by atoms with Crippen molar-refractivity contribution >= 4 is 17.7 Å². The topological polar surface area (TPSA) is 20.3 Å². The van der Waals surface area contributed by atoms with Gasteiger partial charge in [-0.15, -0.1) is 0 Å². The first-order valence-corrected chi connectivity index (χ1v) is 9.88. The molecule has 0 saturated carbocycles. The second kappa shape index (κ2) is 8.52. The molecule has 132 valence electrons. The Morgan fingerprint density at radius 2 is 2.04 bits per heavy atom. The Morgan fingerprint density at radius 3 is 2.84 bits per heavy atom. The lowest BCUT2D eigenvalue weighted by Crippen LogP contribution is -2.33. The van der Waals surface area contributed by atoms with Crippen LogP contribution in [0, 0.1) is 12.7 Å². The quantitative estimate of drug-likeness (QED) is 0.785. The highest BCUT2D eigenvalue weighted by molar-refractivity contribution is 7.99. The Bertz CT molecular complexity index is 733. The second-order valence-corrected chi connectivity index (χ2v) is 7.85. The monoisotopic (exact) mass is 357 g/mol. The molecule has 0 bridgehead atoms. The molecule has 1 amide bonds. The van der Waals surface area contributed by atoms with Crippen LogP contribution in [0.1, 0.15) is 34.8 Å². The fourth-order valence-corrected chi connectivity index (χ4v) is 4.53. The van der Waals surface area contributed by atoms with Crippen molar-refractivity contribution in [2.24, 2.45) is 0 Å². The van der Waals surface area contributed by atoms with Crippen molar-refractivity contribution in [3.05, 3.63) is 71.0 Å². The van der Waals surface area contributed by atoms with E-state index in [2.05, 4.69) is 25.1 Å². The highest BCUT2D eigenvalue weighted by Crippen LogP contribution is 2.35. The van der Waals surface area contributed by atoms with E-state index in [1.54, 1.807) is 17.8 Å². The third-order valence-electron chi connectivity index (χ3n) is 4.66. The van der Waals surface area contributed by atoms with Crippen molar-refractivity contribution < 1.29 is 9.18 Å². The summed E-state index contributed by atoms with van der Waals surface area (Å²) in [5.74, 6) is 0.922. The van der Waals surface area contributed by atoms with Gasteiger partial charge >= 0.3 is 0 Å². The Balaban J connectivity index is 1.55. The lowest BCUT2D eigenvalue weighted by atomic mass is 10.1. The summed E-state index contributed by atoms with van der Waals surface area (Å²) in [5.41, 5.74) is 3.20. The number of hydrogen-bond donors (Lipinski definition) is 0. The van der Waals surface area contributed by atoms with E-state index in [-0.39, 0.29) is 17.0 Å². The summed E-state index contributed by atoms with van der Waals surface area (Å²) in [5, 5.41) is 0.135. The van der Waals surface area contributed by atoms with E-state index in [1.807, 2.05) is 23.1 Å². The molecule has 2 nitrogen and oxygen atoms in total. The van der Waals surface area contributed by atoms with Gasteiger partial charge in [0.25, 0.3) is 0 Å². The van der Waals surface area contributed by atoms with E-state index in [0.717, 1.165) is 30.7 Å². The fourth-order valence-electron chi connectivity index (χ4n) is 3.28. The number of benzene rings is 2. The standard InChI is InChI=1S/C21H24FNOS/c1-16-5-4-6-17(15-16)9-10-21(24)23-12-11-20(25-14-13-23)18-7-2-3-8-19(18)22/h2-8,15,20H,9-14H2,1H3. The Labute approximate surface area is 153 Å². The van der Waals surface area contributed by atoms with Crippen LogP contribution in [0.5, 0.6) is 0 Å². The molecule has 1 saturated heterocycles. The summed E-state index contributed by atoms with van der Waals surface area (Å²) in [6.45, 7) is 3.53. The van der Waals surface area contributed by atoms with E-state index in [1.165, 1.54) is 17.2 Å². The molecule has 3 rings (SSSR count). The summed E-state index contributed by atoms with van der Waals surface area (Å²) >= 11 is 1.75. The third-order valence-corrected chi connectivity index (χ3v) is 5.97. The Hall–Kier alpha value is -1.81. The largest absolute Gasteiger partial charge is 0.342 e. The lowest BCUT2D eigenvalue weighted by molar-refractivity contribution is -0.130. The molecule has 2 aromatic carbocycles. The zero-order valence-corrected chi connectivity index (χ0v) is 15.4. The van der Waals surface area contributed by atoms with Crippen LogP contribution in [0.3, 0.4) is 0 Å². The van der Waals surface area contributed by atoms with Crippen molar-refractivity contribution in [3.8, 4) is 0 Å². The number of thioether (sulfide) groups is 1. The van der Waals surface area contributed by atoms with Crippen LogP contribution in [-0.2, 0) is 11.2 Å². The molecule has 0 radical (unpaired) electrons.